The van der Waals surface area contributed by atoms with E-state index in [2.05, 4.69) is 15.5 Å². The van der Waals surface area contributed by atoms with Crippen LogP contribution in [0.25, 0.3) is 0 Å². The highest BCUT2D eigenvalue weighted by Crippen LogP contribution is 2.12. The minimum Gasteiger partial charge on any atom is -0.267 e. The number of non-ortho nitro benzene ring substituents is 1. The number of nitrogens with one attached hydrogen (secondary N) is 1. The van der Waals surface area contributed by atoms with Gasteiger partial charge in [0.15, 0.2) is 0 Å². The van der Waals surface area contributed by atoms with Gasteiger partial charge in [0.05, 0.1) is 16.8 Å². The second kappa shape index (κ2) is 6.38. The molecule has 0 unspecified atom stereocenters. The molecule has 0 radical (unpaired) electrons. The van der Waals surface area contributed by atoms with Crippen LogP contribution in [-0.4, -0.2) is 22.0 Å². The molecule has 106 valence electrons. The fourth-order valence-electron chi connectivity index (χ4n) is 1.62. The van der Waals surface area contributed by atoms with Gasteiger partial charge in [0.1, 0.15) is 0 Å². The van der Waals surface area contributed by atoms with Crippen LogP contribution < -0.4 is 5.43 Å². The molecule has 1 aromatic heterocycles. The Hall–Kier alpha value is -3.09. The van der Waals surface area contributed by atoms with E-state index in [4.69, 9.17) is 0 Å². The van der Waals surface area contributed by atoms with Gasteiger partial charge in [0.2, 0.25) is 0 Å². The van der Waals surface area contributed by atoms with E-state index in [0.717, 1.165) is 5.69 Å². The number of hydrazone groups is 1. The Labute approximate surface area is 120 Å². The Morgan fingerprint density at radius 2 is 2.10 bits per heavy atom. The molecule has 0 saturated heterocycles. The van der Waals surface area contributed by atoms with Crippen molar-refractivity contribution in [3.05, 3.63) is 69.5 Å². The molecular formula is C14H12N4O3. The highest BCUT2D eigenvalue weighted by molar-refractivity contribution is 5.95. The summed E-state index contributed by atoms with van der Waals surface area (Å²) in [7, 11) is 0. The number of pyridine rings is 1. The fraction of sp³-hybridized carbons (Fsp3) is 0.0714. The molecular weight excluding hydrogens is 272 g/mol. The predicted molar refractivity (Wildman–Crippen MR) is 77.1 cm³/mol. The number of nitro groups is 1. The van der Waals surface area contributed by atoms with Gasteiger partial charge in [0, 0.05) is 23.4 Å². The molecule has 2 aromatic rings. The number of nitro benzene ring substituents is 1. The molecule has 1 heterocycles. The van der Waals surface area contributed by atoms with E-state index in [9.17, 15) is 14.9 Å². The molecule has 7 heteroatoms. The van der Waals surface area contributed by atoms with Crippen LogP contribution in [0, 0.1) is 17.0 Å². The molecule has 0 atom stereocenters. The van der Waals surface area contributed by atoms with Gasteiger partial charge in [-0.15, -0.1) is 0 Å². The van der Waals surface area contributed by atoms with Crippen LogP contribution in [0.15, 0.2) is 47.6 Å². The van der Waals surface area contributed by atoms with Gasteiger partial charge in [-0.1, -0.05) is 12.1 Å². The third-order valence-electron chi connectivity index (χ3n) is 2.59. The monoisotopic (exact) mass is 284 g/mol. The van der Waals surface area contributed by atoms with Gasteiger partial charge in [-0.05, 0) is 25.1 Å². The molecule has 1 amide bonds. The number of amides is 1. The van der Waals surface area contributed by atoms with Gasteiger partial charge < -0.3 is 0 Å². The Morgan fingerprint density at radius 1 is 1.33 bits per heavy atom. The molecule has 0 aliphatic heterocycles. The third kappa shape index (κ3) is 3.93. The minimum absolute atomic E-state index is 0.146. The van der Waals surface area contributed by atoms with E-state index in [-0.39, 0.29) is 11.3 Å². The molecule has 0 saturated carbocycles. The molecule has 1 N–H and O–H groups in total. The first-order valence-electron chi connectivity index (χ1n) is 6.08. The average Bonchev–Trinajstić information content (AvgIpc) is 2.47. The Kier molecular flexibility index (Phi) is 4.35. The Morgan fingerprint density at radius 3 is 2.81 bits per heavy atom. The van der Waals surface area contributed by atoms with Gasteiger partial charge >= 0.3 is 0 Å². The summed E-state index contributed by atoms with van der Waals surface area (Å²) in [6, 6.07) is 10.8. The number of rotatable bonds is 4. The van der Waals surface area contributed by atoms with Gasteiger partial charge in [-0.2, -0.15) is 5.10 Å². The van der Waals surface area contributed by atoms with E-state index < -0.39 is 10.8 Å². The first-order valence-corrected chi connectivity index (χ1v) is 6.08. The summed E-state index contributed by atoms with van der Waals surface area (Å²) < 4.78 is 0. The van der Waals surface area contributed by atoms with E-state index >= 15 is 0 Å². The molecule has 0 spiro atoms. The lowest BCUT2D eigenvalue weighted by Gasteiger charge is -1.99. The number of carbonyl (C=O) groups excluding carboxylic acids is 1. The van der Waals surface area contributed by atoms with Crippen LogP contribution in [0.1, 0.15) is 21.7 Å². The van der Waals surface area contributed by atoms with Crippen molar-refractivity contribution in [2.75, 3.05) is 0 Å². The van der Waals surface area contributed by atoms with Crippen molar-refractivity contribution in [2.45, 2.75) is 6.92 Å². The number of nitrogens with zero attached hydrogens (tertiary/aromatic N) is 3. The van der Waals surface area contributed by atoms with E-state index in [1.807, 2.05) is 19.1 Å². The summed E-state index contributed by atoms with van der Waals surface area (Å²) in [6.45, 7) is 1.85. The molecule has 21 heavy (non-hydrogen) atoms. The van der Waals surface area contributed by atoms with Gasteiger partial charge in [0.25, 0.3) is 11.6 Å². The Bertz CT molecular complexity index is 713. The van der Waals surface area contributed by atoms with E-state index in [1.54, 1.807) is 6.07 Å². The molecule has 0 aliphatic rings. The average molecular weight is 284 g/mol. The van der Waals surface area contributed by atoms with Crippen LogP contribution in [0.4, 0.5) is 5.69 Å². The number of aryl methyl sites for hydroxylation is 1. The van der Waals surface area contributed by atoms with Crippen molar-refractivity contribution in [1.29, 1.82) is 0 Å². The first-order chi connectivity index (χ1) is 10.1. The number of benzene rings is 1. The molecule has 2 rings (SSSR count). The SMILES string of the molecule is Cc1cccc(/C=N\NC(=O)c2cccc([N+](=O)[O-])c2)n1. The minimum atomic E-state index is -0.559. The lowest BCUT2D eigenvalue weighted by molar-refractivity contribution is -0.384. The summed E-state index contributed by atoms with van der Waals surface area (Å²) in [6.07, 6.45) is 1.41. The van der Waals surface area contributed by atoms with Crippen molar-refractivity contribution in [2.24, 2.45) is 5.10 Å². The molecule has 7 nitrogen and oxygen atoms in total. The summed E-state index contributed by atoms with van der Waals surface area (Å²) in [4.78, 5) is 26.1. The normalized spacial score (nSPS) is 10.5. The number of hydrogen-bond acceptors (Lipinski definition) is 5. The van der Waals surface area contributed by atoms with Crippen molar-refractivity contribution in [3.63, 3.8) is 0 Å². The lowest BCUT2D eigenvalue weighted by atomic mass is 10.2. The van der Waals surface area contributed by atoms with E-state index in [0.29, 0.717) is 5.69 Å². The fourth-order valence-corrected chi connectivity index (χ4v) is 1.62. The van der Waals surface area contributed by atoms with Gasteiger partial charge in [-0.3, -0.25) is 19.9 Å². The van der Waals surface area contributed by atoms with Gasteiger partial charge in [-0.25, -0.2) is 5.43 Å². The smallest absolute Gasteiger partial charge is 0.267 e. The standard InChI is InChI=1S/C14H12N4O3/c1-10-4-2-6-12(16-10)9-15-17-14(19)11-5-3-7-13(8-11)18(20)21/h2-9H,1H3,(H,17,19)/b15-9-. The summed E-state index contributed by atoms with van der Waals surface area (Å²) in [5, 5.41) is 14.4. The maximum absolute atomic E-state index is 11.8. The van der Waals surface area contributed by atoms with Crippen molar-refractivity contribution >= 4 is 17.8 Å². The highest BCUT2D eigenvalue weighted by Gasteiger charge is 2.10. The van der Waals surface area contributed by atoms with Crippen LogP contribution in [0.2, 0.25) is 0 Å². The Balaban J connectivity index is 2.05. The zero-order valence-electron chi connectivity index (χ0n) is 11.2. The predicted octanol–water partition coefficient (Wildman–Crippen LogP) is 2.06. The summed E-state index contributed by atoms with van der Waals surface area (Å²) in [5.41, 5.74) is 3.76. The molecule has 0 fully saturated rings. The number of aromatic nitrogens is 1. The second-order valence-corrected chi connectivity index (χ2v) is 4.21. The zero-order valence-corrected chi connectivity index (χ0v) is 11.2. The lowest BCUT2D eigenvalue weighted by Crippen LogP contribution is -2.17. The van der Waals surface area contributed by atoms with E-state index in [1.165, 1.54) is 30.5 Å². The maximum atomic E-state index is 11.8. The second-order valence-electron chi connectivity index (χ2n) is 4.21. The number of carbonyl (C=O) groups is 1. The van der Waals surface area contributed by atoms with Crippen molar-refractivity contribution < 1.29 is 9.72 Å². The first kappa shape index (κ1) is 14.3. The quantitative estimate of drug-likeness (QED) is 0.528. The summed E-state index contributed by atoms with van der Waals surface area (Å²) >= 11 is 0. The highest BCUT2D eigenvalue weighted by atomic mass is 16.6. The van der Waals surface area contributed by atoms with Crippen LogP contribution in [0.5, 0.6) is 0 Å². The van der Waals surface area contributed by atoms with Crippen molar-refractivity contribution in [3.8, 4) is 0 Å². The number of hydrogen-bond donors (Lipinski definition) is 1. The largest absolute Gasteiger partial charge is 0.271 e. The molecule has 1 aromatic carbocycles. The van der Waals surface area contributed by atoms with Crippen LogP contribution >= 0.6 is 0 Å². The van der Waals surface area contributed by atoms with Crippen LogP contribution in [-0.2, 0) is 0 Å². The summed E-state index contributed by atoms with van der Waals surface area (Å²) in [5.74, 6) is -0.525. The molecule has 0 bridgehead atoms. The maximum Gasteiger partial charge on any atom is 0.271 e. The third-order valence-corrected chi connectivity index (χ3v) is 2.59. The van der Waals surface area contributed by atoms with Crippen LogP contribution in [0.3, 0.4) is 0 Å². The van der Waals surface area contributed by atoms with Crippen molar-refractivity contribution in [1.82, 2.24) is 10.4 Å². The zero-order chi connectivity index (χ0) is 15.2. The topological polar surface area (TPSA) is 97.5 Å². The molecule has 0 aliphatic carbocycles.